The molecule has 0 spiro atoms. The van der Waals surface area contributed by atoms with Crippen LogP contribution >= 0.6 is 11.8 Å². The van der Waals surface area contributed by atoms with Gasteiger partial charge in [0.1, 0.15) is 5.82 Å². The topological polar surface area (TPSA) is 29.9 Å². The summed E-state index contributed by atoms with van der Waals surface area (Å²) in [5, 5.41) is 3.49. The number of nitrogens with one attached hydrogen (secondary N) is 1. The van der Waals surface area contributed by atoms with Crippen LogP contribution in [0.25, 0.3) is 0 Å². The third-order valence-corrected chi connectivity index (χ3v) is 3.67. The second-order valence-electron chi connectivity index (χ2n) is 4.93. The molecule has 1 heterocycles. The average Bonchev–Trinajstić information content (AvgIpc) is 2.57. The Morgan fingerprint density at radius 2 is 2.19 bits per heavy atom. The third kappa shape index (κ3) is 4.18. The highest BCUT2D eigenvalue weighted by Gasteiger charge is 2.19. The van der Waals surface area contributed by atoms with Gasteiger partial charge in [0.2, 0.25) is 0 Å². The Balaban J connectivity index is 2.65. The largest absolute Gasteiger partial charge is 0.337 e. The molecular weight excluding hydrogens is 218 g/mol. The lowest BCUT2D eigenvalue weighted by atomic mass is 10.3. The van der Waals surface area contributed by atoms with Crippen molar-refractivity contribution in [2.45, 2.75) is 38.5 Å². The molecule has 0 fully saturated rings. The van der Waals surface area contributed by atoms with Crippen molar-refractivity contribution in [2.75, 3.05) is 12.3 Å². The van der Waals surface area contributed by atoms with Crippen LogP contribution in [-0.2, 0) is 7.05 Å². The summed E-state index contributed by atoms with van der Waals surface area (Å²) in [6.45, 7) is 9.86. The summed E-state index contributed by atoms with van der Waals surface area (Å²) < 4.78 is 2.40. The Labute approximate surface area is 103 Å². The highest BCUT2D eigenvalue weighted by atomic mass is 32.2. The van der Waals surface area contributed by atoms with Crippen molar-refractivity contribution in [3.05, 3.63) is 18.2 Å². The van der Waals surface area contributed by atoms with Crippen LogP contribution < -0.4 is 5.32 Å². The standard InChI is InChI=1S/C12H23N3S/c1-6-13-10(9-16-12(2,3)4)11-14-7-8-15(11)5/h7-8,10,13H,6,9H2,1-5H3. The Morgan fingerprint density at radius 1 is 1.50 bits per heavy atom. The molecule has 0 aliphatic heterocycles. The molecule has 0 amide bonds. The molecule has 1 aromatic rings. The van der Waals surface area contributed by atoms with E-state index in [0.29, 0.717) is 10.8 Å². The van der Waals surface area contributed by atoms with Crippen molar-refractivity contribution in [3.63, 3.8) is 0 Å². The van der Waals surface area contributed by atoms with E-state index in [0.717, 1.165) is 18.1 Å². The van der Waals surface area contributed by atoms with Crippen molar-refractivity contribution >= 4 is 11.8 Å². The Kier molecular flexibility index (Phi) is 4.87. The quantitative estimate of drug-likeness (QED) is 0.859. The van der Waals surface area contributed by atoms with Gasteiger partial charge in [-0.2, -0.15) is 11.8 Å². The molecule has 1 rings (SSSR count). The maximum Gasteiger partial charge on any atom is 0.126 e. The van der Waals surface area contributed by atoms with E-state index in [1.165, 1.54) is 0 Å². The summed E-state index contributed by atoms with van der Waals surface area (Å²) in [5.74, 6) is 2.18. The molecule has 0 aliphatic carbocycles. The van der Waals surface area contributed by atoms with Crippen molar-refractivity contribution in [3.8, 4) is 0 Å². The number of hydrogen-bond donors (Lipinski definition) is 1. The Hall–Kier alpha value is -0.480. The molecular formula is C12H23N3S. The number of nitrogens with zero attached hydrogens (tertiary/aromatic N) is 2. The van der Waals surface area contributed by atoms with Gasteiger partial charge in [-0.05, 0) is 6.54 Å². The molecule has 4 heteroatoms. The lowest BCUT2D eigenvalue weighted by Gasteiger charge is -2.23. The summed E-state index contributed by atoms with van der Waals surface area (Å²) in [6, 6.07) is 0.342. The first-order valence-corrected chi connectivity index (χ1v) is 6.77. The van der Waals surface area contributed by atoms with E-state index < -0.39 is 0 Å². The molecule has 1 aromatic heterocycles. The lowest BCUT2D eigenvalue weighted by molar-refractivity contribution is 0.553. The summed E-state index contributed by atoms with van der Waals surface area (Å²) in [6.07, 6.45) is 3.86. The van der Waals surface area contributed by atoms with E-state index in [9.17, 15) is 0 Å². The summed E-state index contributed by atoms with van der Waals surface area (Å²) in [5.41, 5.74) is 0. The normalized spacial score (nSPS) is 14.1. The van der Waals surface area contributed by atoms with Crippen molar-refractivity contribution in [2.24, 2.45) is 7.05 Å². The zero-order valence-electron chi connectivity index (χ0n) is 10.9. The molecule has 16 heavy (non-hydrogen) atoms. The molecule has 0 aliphatic rings. The monoisotopic (exact) mass is 241 g/mol. The van der Waals surface area contributed by atoms with Crippen LogP contribution in [0.1, 0.15) is 39.6 Å². The van der Waals surface area contributed by atoms with E-state index >= 15 is 0 Å². The van der Waals surface area contributed by atoms with Crippen LogP contribution in [0.15, 0.2) is 12.4 Å². The molecule has 1 N–H and O–H groups in total. The average molecular weight is 241 g/mol. The van der Waals surface area contributed by atoms with Gasteiger partial charge in [0.15, 0.2) is 0 Å². The highest BCUT2D eigenvalue weighted by Crippen LogP contribution is 2.27. The van der Waals surface area contributed by atoms with Crippen molar-refractivity contribution < 1.29 is 0 Å². The van der Waals surface area contributed by atoms with E-state index in [2.05, 4.69) is 49.6 Å². The molecule has 0 radical (unpaired) electrons. The van der Waals surface area contributed by atoms with Gasteiger partial charge in [-0.25, -0.2) is 4.98 Å². The Bertz CT molecular complexity index is 314. The smallest absolute Gasteiger partial charge is 0.126 e. The first kappa shape index (κ1) is 13.6. The maximum atomic E-state index is 4.42. The number of rotatable bonds is 5. The van der Waals surface area contributed by atoms with Crippen LogP contribution in [0.4, 0.5) is 0 Å². The van der Waals surface area contributed by atoms with Gasteiger partial charge in [-0.15, -0.1) is 0 Å². The second kappa shape index (κ2) is 5.73. The minimum Gasteiger partial charge on any atom is -0.337 e. The number of aromatic nitrogens is 2. The number of aryl methyl sites for hydroxylation is 1. The van der Waals surface area contributed by atoms with Crippen molar-refractivity contribution in [1.82, 2.24) is 14.9 Å². The van der Waals surface area contributed by atoms with Crippen LogP contribution in [0.5, 0.6) is 0 Å². The molecule has 3 nitrogen and oxygen atoms in total. The van der Waals surface area contributed by atoms with E-state index in [1.54, 1.807) is 0 Å². The minimum absolute atomic E-state index is 0.304. The third-order valence-electron chi connectivity index (χ3n) is 2.30. The minimum atomic E-state index is 0.304. The van der Waals surface area contributed by atoms with Gasteiger partial charge < -0.3 is 9.88 Å². The predicted octanol–water partition coefficient (Wildman–Crippen LogP) is 2.60. The molecule has 1 unspecified atom stereocenters. The molecule has 0 aromatic carbocycles. The zero-order chi connectivity index (χ0) is 12.2. The van der Waals surface area contributed by atoms with Crippen LogP contribution in [0.3, 0.4) is 0 Å². The molecule has 0 saturated carbocycles. The van der Waals surface area contributed by atoms with E-state index in [-0.39, 0.29) is 0 Å². The van der Waals surface area contributed by atoms with Gasteiger partial charge >= 0.3 is 0 Å². The first-order valence-electron chi connectivity index (χ1n) is 5.78. The number of hydrogen-bond acceptors (Lipinski definition) is 3. The highest BCUT2D eigenvalue weighted by molar-refractivity contribution is 8.00. The molecule has 1 atom stereocenters. The SMILES string of the molecule is CCNC(CSC(C)(C)C)c1nccn1C. The fraction of sp³-hybridized carbons (Fsp3) is 0.750. The molecule has 92 valence electrons. The van der Waals surface area contributed by atoms with Gasteiger partial charge in [0.25, 0.3) is 0 Å². The van der Waals surface area contributed by atoms with Crippen LogP contribution in [-0.4, -0.2) is 26.6 Å². The summed E-state index contributed by atoms with van der Waals surface area (Å²) >= 11 is 1.97. The maximum absolute atomic E-state index is 4.42. The lowest BCUT2D eigenvalue weighted by Crippen LogP contribution is -2.27. The zero-order valence-corrected chi connectivity index (χ0v) is 11.8. The van der Waals surface area contributed by atoms with Gasteiger partial charge in [-0.3, -0.25) is 0 Å². The van der Waals surface area contributed by atoms with E-state index in [4.69, 9.17) is 0 Å². The van der Waals surface area contributed by atoms with E-state index in [1.807, 2.05) is 24.2 Å². The van der Waals surface area contributed by atoms with Crippen molar-refractivity contribution in [1.29, 1.82) is 0 Å². The molecule has 0 bridgehead atoms. The van der Waals surface area contributed by atoms with Gasteiger partial charge in [0.05, 0.1) is 6.04 Å². The Morgan fingerprint density at radius 3 is 2.62 bits per heavy atom. The molecule has 0 saturated heterocycles. The fourth-order valence-electron chi connectivity index (χ4n) is 1.52. The number of thioether (sulfide) groups is 1. The van der Waals surface area contributed by atoms with Gasteiger partial charge in [-0.1, -0.05) is 27.7 Å². The van der Waals surface area contributed by atoms with Crippen LogP contribution in [0.2, 0.25) is 0 Å². The number of imidazole rings is 1. The van der Waals surface area contributed by atoms with Gasteiger partial charge in [0, 0.05) is 29.9 Å². The fourth-order valence-corrected chi connectivity index (χ4v) is 2.45. The summed E-state index contributed by atoms with van der Waals surface area (Å²) in [4.78, 5) is 4.42. The van der Waals surface area contributed by atoms with Crippen LogP contribution in [0, 0.1) is 0 Å². The first-order chi connectivity index (χ1) is 7.44. The summed E-state index contributed by atoms with van der Waals surface area (Å²) in [7, 11) is 2.05. The second-order valence-corrected chi connectivity index (χ2v) is 6.78. The predicted molar refractivity (Wildman–Crippen MR) is 71.8 cm³/mol.